The number of aromatic nitrogens is 3. The first-order valence-corrected chi connectivity index (χ1v) is 5.85. The summed E-state index contributed by atoms with van der Waals surface area (Å²) in [6, 6.07) is 3.77. The Labute approximate surface area is 106 Å². The molecule has 96 valence electrons. The van der Waals surface area contributed by atoms with Crippen molar-refractivity contribution in [3.8, 4) is 0 Å². The third-order valence-electron chi connectivity index (χ3n) is 2.48. The van der Waals surface area contributed by atoms with Crippen LogP contribution >= 0.6 is 0 Å². The second kappa shape index (κ2) is 5.03. The van der Waals surface area contributed by atoms with Gasteiger partial charge in [-0.1, -0.05) is 19.0 Å². The molecule has 0 bridgehead atoms. The Morgan fingerprint density at radius 2 is 2.11 bits per heavy atom. The summed E-state index contributed by atoms with van der Waals surface area (Å²) in [6.45, 7) is 6.54. The maximum absolute atomic E-state index is 5.57. The largest absolute Gasteiger partial charge is 0.368 e. The van der Waals surface area contributed by atoms with Crippen molar-refractivity contribution in [2.24, 2.45) is 0 Å². The fourth-order valence-corrected chi connectivity index (χ4v) is 1.54. The van der Waals surface area contributed by atoms with Crippen LogP contribution in [0.2, 0.25) is 0 Å². The zero-order valence-electron chi connectivity index (χ0n) is 10.8. The smallest absolute Gasteiger partial charge is 0.222 e. The molecule has 18 heavy (non-hydrogen) atoms. The first kappa shape index (κ1) is 12.3. The molecular weight excluding hydrogens is 230 g/mol. The molecule has 6 nitrogen and oxygen atoms in total. The van der Waals surface area contributed by atoms with E-state index in [4.69, 9.17) is 10.3 Å². The van der Waals surface area contributed by atoms with Gasteiger partial charge in [0.15, 0.2) is 5.76 Å². The van der Waals surface area contributed by atoms with Gasteiger partial charge >= 0.3 is 0 Å². The van der Waals surface area contributed by atoms with Gasteiger partial charge in [0.1, 0.15) is 5.82 Å². The van der Waals surface area contributed by atoms with E-state index in [1.807, 2.05) is 19.1 Å². The molecular formula is C12H17N5O. The Morgan fingerprint density at radius 1 is 1.33 bits per heavy atom. The Bertz CT molecular complexity index is 515. The van der Waals surface area contributed by atoms with Crippen LogP contribution in [0.25, 0.3) is 0 Å². The topological polar surface area (TPSA) is 89.9 Å². The van der Waals surface area contributed by atoms with Crippen LogP contribution < -0.4 is 11.1 Å². The monoisotopic (exact) mass is 247 g/mol. The van der Waals surface area contributed by atoms with Crippen LogP contribution in [0.1, 0.15) is 36.9 Å². The van der Waals surface area contributed by atoms with E-state index in [0.29, 0.717) is 18.3 Å². The first-order chi connectivity index (χ1) is 8.54. The molecule has 0 aliphatic rings. The molecule has 0 amide bonds. The molecule has 0 aromatic carbocycles. The molecule has 2 aromatic rings. The molecule has 0 saturated carbocycles. The molecule has 0 atom stereocenters. The molecule has 0 aliphatic carbocycles. The Hall–Kier alpha value is -2.11. The van der Waals surface area contributed by atoms with Gasteiger partial charge in [-0.2, -0.15) is 4.98 Å². The van der Waals surface area contributed by atoms with Crippen LogP contribution in [0.5, 0.6) is 0 Å². The highest BCUT2D eigenvalue weighted by molar-refractivity contribution is 5.40. The van der Waals surface area contributed by atoms with Crippen LogP contribution in [0.15, 0.2) is 16.7 Å². The lowest BCUT2D eigenvalue weighted by Gasteiger charge is -2.04. The Balaban J connectivity index is 2.02. The van der Waals surface area contributed by atoms with Gasteiger partial charge in [0.2, 0.25) is 5.95 Å². The highest BCUT2D eigenvalue weighted by Crippen LogP contribution is 2.15. The van der Waals surface area contributed by atoms with E-state index in [1.165, 1.54) is 0 Å². The number of aryl methyl sites for hydroxylation is 1. The maximum atomic E-state index is 5.57. The van der Waals surface area contributed by atoms with Crippen LogP contribution in [-0.2, 0) is 6.54 Å². The van der Waals surface area contributed by atoms with Crippen molar-refractivity contribution >= 4 is 11.8 Å². The predicted octanol–water partition coefficient (Wildman–Crippen LogP) is 2.09. The van der Waals surface area contributed by atoms with Gasteiger partial charge in [0.25, 0.3) is 0 Å². The number of hydrogen-bond donors (Lipinski definition) is 2. The summed E-state index contributed by atoms with van der Waals surface area (Å²) >= 11 is 0. The summed E-state index contributed by atoms with van der Waals surface area (Å²) in [6.07, 6.45) is 0. The van der Waals surface area contributed by atoms with E-state index in [0.717, 1.165) is 17.1 Å². The van der Waals surface area contributed by atoms with Gasteiger partial charge in [-0.25, -0.2) is 4.98 Å². The highest BCUT2D eigenvalue weighted by atomic mass is 16.5. The quantitative estimate of drug-likeness (QED) is 0.859. The number of nitrogens with one attached hydrogen (secondary N) is 1. The van der Waals surface area contributed by atoms with E-state index in [-0.39, 0.29) is 5.95 Å². The van der Waals surface area contributed by atoms with Crippen LogP contribution in [-0.4, -0.2) is 15.1 Å². The Kier molecular flexibility index (Phi) is 3.45. The SMILES string of the molecule is Cc1cc(NCc2cc(C(C)C)no2)nc(N)n1. The van der Waals surface area contributed by atoms with Crippen molar-refractivity contribution in [2.75, 3.05) is 11.1 Å². The van der Waals surface area contributed by atoms with E-state index in [2.05, 4.69) is 34.3 Å². The summed E-state index contributed by atoms with van der Waals surface area (Å²) < 4.78 is 5.22. The third kappa shape index (κ3) is 2.97. The Morgan fingerprint density at radius 3 is 2.72 bits per heavy atom. The number of rotatable bonds is 4. The molecule has 2 rings (SSSR count). The molecule has 2 heterocycles. The molecule has 0 unspecified atom stereocenters. The first-order valence-electron chi connectivity index (χ1n) is 5.85. The third-order valence-corrected chi connectivity index (χ3v) is 2.48. The fourth-order valence-electron chi connectivity index (χ4n) is 1.54. The number of nitrogens with zero attached hydrogens (tertiary/aromatic N) is 3. The van der Waals surface area contributed by atoms with E-state index in [1.54, 1.807) is 0 Å². The number of nitrogen functional groups attached to an aromatic ring is 1. The van der Waals surface area contributed by atoms with Gasteiger partial charge < -0.3 is 15.6 Å². The van der Waals surface area contributed by atoms with Crippen LogP contribution in [0.3, 0.4) is 0 Å². The molecule has 0 aliphatic heterocycles. The van der Waals surface area contributed by atoms with E-state index >= 15 is 0 Å². The molecule has 2 aromatic heterocycles. The summed E-state index contributed by atoms with van der Waals surface area (Å²) in [5, 5.41) is 7.12. The summed E-state index contributed by atoms with van der Waals surface area (Å²) in [7, 11) is 0. The van der Waals surface area contributed by atoms with Gasteiger partial charge in [-0.3, -0.25) is 0 Å². The zero-order chi connectivity index (χ0) is 13.1. The normalized spacial score (nSPS) is 10.9. The number of nitrogens with two attached hydrogens (primary N) is 1. The van der Waals surface area contributed by atoms with E-state index in [9.17, 15) is 0 Å². The summed E-state index contributed by atoms with van der Waals surface area (Å²) in [5.74, 6) is 2.08. The van der Waals surface area contributed by atoms with E-state index < -0.39 is 0 Å². The summed E-state index contributed by atoms with van der Waals surface area (Å²) in [5.41, 5.74) is 7.35. The summed E-state index contributed by atoms with van der Waals surface area (Å²) in [4.78, 5) is 8.09. The average molecular weight is 247 g/mol. The lowest BCUT2D eigenvalue weighted by Crippen LogP contribution is -2.04. The molecule has 0 spiro atoms. The van der Waals surface area contributed by atoms with Crippen molar-refractivity contribution in [2.45, 2.75) is 33.2 Å². The van der Waals surface area contributed by atoms with Crippen molar-refractivity contribution in [3.63, 3.8) is 0 Å². The lowest BCUT2D eigenvalue weighted by atomic mass is 10.1. The molecule has 6 heteroatoms. The molecule has 0 fully saturated rings. The number of anilines is 2. The fraction of sp³-hybridized carbons (Fsp3) is 0.417. The van der Waals surface area contributed by atoms with Gasteiger partial charge in [0.05, 0.1) is 12.2 Å². The molecule has 0 radical (unpaired) electrons. The van der Waals surface area contributed by atoms with Crippen LogP contribution in [0.4, 0.5) is 11.8 Å². The van der Waals surface area contributed by atoms with Gasteiger partial charge in [0, 0.05) is 17.8 Å². The zero-order valence-corrected chi connectivity index (χ0v) is 10.8. The molecule has 3 N–H and O–H groups in total. The highest BCUT2D eigenvalue weighted by Gasteiger charge is 2.07. The predicted molar refractivity (Wildman–Crippen MR) is 69.1 cm³/mol. The molecule has 0 saturated heterocycles. The van der Waals surface area contributed by atoms with Gasteiger partial charge in [-0.05, 0) is 12.8 Å². The van der Waals surface area contributed by atoms with Crippen molar-refractivity contribution < 1.29 is 4.52 Å². The second-order valence-corrected chi connectivity index (χ2v) is 4.48. The number of hydrogen-bond acceptors (Lipinski definition) is 6. The van der Waals surface area contributed by atoms with Crippen molar-refractivity contribution in [1.82, 2.24) is 15.1 Å². The van der Waals surface area contributed by atoms with Crippen molar-refractivity contribution in [3.05, 3.63) is 29.3 Å². The minimum Gasteiger partial charge on any atom is -0.368 e. The second-order valence-electron chi connectivity index (χ2n) is 4.48. The lowest BCUT2D eigenvalue weighted by molar-refractivity contribution is 0.379. The maximum Gasteiger partial charge on any atom is 0.222 e. The van der Waals surface area contributed by atoms with Crippen LogP contribution in [0, 0.1) is 6.92 Å². The van der Waals surface area contributed by atoms with Crippen molar-refractivity contribution in [1.29, 1.82) is 0 Å². The van der Waals surface area contributed by atoms with Gasteiger partial charge in [-0.15, -0.1) is 0 Å². The minimum absolute atomic E-state index is 0.262. The minimum atomic E-state index is 0.262. The average Bonchev–Trinajstić information content (AvgIpc) is 2.73. The standard InChI is InChI=1S/C12H17N5O/c1-7(2)10-5-9(18-17-10)6-14-11-4-8(3)15-12(13)16-11/h4-5,7H,6H2,1-3H3,(H3,13,14,15,16).